The number of halogens is 1. The average Bonchev–Trinajstić information content (AvgIpc) is 3.07. The standard InChI is InChI=1S/C21H20FN3O3/c1-25-21-16(11-23-25)15(10-19(26)24-21)14-7-5-9-18(27-2)20(14)28-12-13-6-3-4-8-17(13)22/h3-9,11,15H,10,12H2,1-2H3,(H,24,26)/t15-/m1/s1. The van der Waals surface area contributed by atoms with Gasteiger partial charge in [-0.25, -0.2) is 4.39 Å². The van der Waals surface area contributed by atoms with E-state index in [0.29, 0.717) is 22.9 Å². The van der Waals surface area contributed by atoms with Crippen LogP contribution in [0.3, 0.4) is 0 Å². The zero-order valence-electron chi connectivity index (χ0n) is 15.6. The third-order valence-electron chi connectivity index (χ3n) is 4.92. The van der Waals surface area contributed by atoms with E-state index in [2.05, 4.69) is 10.4 Å². The van der Waals surface area contributed by atoms with Crippen LogP contribution in [0.2, 0.25) is 0 Å². The molecule has 0 saturated carbocycles. The normalized spacial score (nSPS) is 15.7. The largest absolute Gasteiger partial charge is 0.493 e. The molecule has 6 nitrogen and oxygen atoms in total. The minimum atomic E-state index is -0.328. The van der Waals surface area contributed by atoms with Gasteiger partial charge in [0.25, 0.3) is 0 Å². The van der Waals surface area contributed by atoms with Crippen LogP contribution in [0.4, 0.5) is 10.2 Å². The number of hydrogen-bond donors (Lipinski definition) is 1. The summed E-state index contributed by atoms with van der Waals surface area (Å²) in [4.78, 5) is 12.3. The van der Waals surface area contributed by atoms with Gasteiger partial charge in [-0.05, 0) is 12.1 Å². The summed E-state index contributed by atoms with van der Waals surface area (Å²) in [5.74, 6) is 1.05. The molecule has 0 aliphatic carbocycles. The Hall–Kier alpha value is -3.35. The summed E-state index contributed by atoms with van der Waals surface area (Å²) < 4.78 is 27.1. The number of aromatic nitrogens is 2. The van der Waals surface area contributed by atoms with E-state index in [1.807, 2.05) is 12.1 Å². The number of para-hydroxylation sites is 1. The van der Waals surface area contributed by atoms with Crippen LogP contribution in [-0.2, 0) is 18.4 Å². The Kier molecular flexibility index (Phi) is 4.73. The van der Waals surface area contributed by atoms with Crippen molar-refractivity contribution in [3.63, 3.8) is 0 Å². The lowest BCUT2D eigenvalue weighted by Gasteiger charge is -2.26. The highest BCUT2D eigenvalue weighted by Gasteiger charge is 2.32. The lowest BCUT2D eigenvalue weighted by Crippen LogP contribution is -2.24. The molecule has 1 N–H and O–H groups in total. The van der Waals surface area contributed by atoms with E-state index in [-0.39, 0.29) is 30.7 Å². The van der Waals surface area contributed by atoms with Gasteiger partial charge >= 0.3 is 0 Å². The number of ether oxygens (including phenoxy) is 2. The Morgan fingerprint density at radius 2 is 2.04 bits per heavy atom. The fourth-order valence-corrected chi connectivity index (χ4v) is 3.51. The summed E-state index contributed by atoms with van der Waals surface area (Å²) in [6.45, 7) is 0.0544. The van der Waals surface area contributed by atoms with E-state index in [4.69, 9.17) is 9.47 Å². The second-order valence-electron chi connectivity index (χ2n) is 6.64. The zero-order valence-corrected chi connectivity index (χ0v) is 15.6. The number of nitrogens with one attached hydrogen (secondary N) is 1. The predicted molar refractivity (Wildman–Crippen MR) is 102 cm³/mol. The summed E-state index contributed by atoms with van der Waals surface area (Å²) in [5, 5.41) is 7.13. The monoisotopic (exact) mass is 381 g/mol. The van der Waals surface area contributed by atoms with Gasteiger partial charge in [0.05, 0.1) is 13.3 Å². The molecule has 0 spiro atoms. The van der Waals surface area contributed by atoms with E-state index in [9.17, 15) is 9.18 Å². The van der Waals surface area contributed by atoms with Gasteiger partial charge in [0.15, 0.2) is 11.5 Å². The van der Waals surface area contributed by atoms with Crippen LogP contribution in [0.1, 0.15) is 29.0 Å². The van der Waals surface area contributed by atoms with E-state index in [1.165, 1.54) is 6.07 Å². The first-order chi connectivity index (χ1) is 13.6. The quantitative estimate of drug-likeness (QED) is 0.733. The number of anilines is 1. The lowest BCUT2D eigenvalue weighted by molar-refractivity contribution is -0.116. The molecule has 1 aliphatic rings. The molecule has 0 radical (unpaired) electrons. The van der Waals surface area contributed by atoms with Crippen molar-refractivity contribution in [1.29, 1.82) is 0 Å². The highest BCUT2D eigenvalue weighted by molar-refractivity contribution is 5.94. The Balaban J connectivity index is 1.74. The second-order valence-corrected chi connectivity index (χ2v) is 6.64. The molecule has 0 saturated heterocycles. The van der Waals surface area contributed by atoms with Crippen molar-refractivity contribution in [3.8, 4) is 11.5 Å². The molecule has 4 rings (SSSR count). The van der Waals surface area contributed by atoms with Gasteiger partial charge in [-0.15, -0.1) is 0 Å². The molecule has 1 aromatic heterocycles. The zero-order chi connectivity index (χ0) is 19.7. The first-order valence-corrected chi connectivity index (χ1v) is 8.93. The number of hydrogen-bond acceptors (Lipinski definition) is 4. The van der Waals surface area contributed by atoms with Crippen LogP contribution in [0, 0.1) is 5.82 Å². The smallest absolute Gasteiger partial charge is 0.226 e. The average molecular weight is 381 g/mol. The predicted octanol–water partition coefficient (Wildman–Crippen LogP) is 3.62. The fourth-order valence-electron chi connectivity index (χ4n) is 3.51. The number of carbonyl (C=O) groups is 1. The third kappa shape index (κ3) is 3.19. The summed E-state index contributed by atoms with van der Waals surface area (Å²) >= 11 is 0. The fraction of sp³-hybridized carbons (Fsp3) is 0.238. The van der Waals surface area contributed by atoms with Gasteiger partial charge in [0.1, 0.15) is 18.2 Å². The molecular formula is C21H20FN3O3. The maximum absolute atomic E-state index is 14.0. The van der Waals surface area contributed by atoms with E-state index >= 15 is 0 Å². The molecule has 7 heteroatoms. The molecule has 2 heterocycles. The minimum absolute atomic E-state index is 0.0544. The molecular weight excluding hydrogens is 361 g/mol. The summed E-state index contributed by atoms with van der Waals surface area (Å²) in [6.07, 6.45) is 2.02. The van der Waals surface area contributed by atoms with Crippen molar-refractivity contribution in [1.82, 2.24) is 9.78 Å². The van der Waals surface area contributed by atoms with E-state index in [1.54, 1.807) is 49.3 Å². The lowest BCUT2D eigenvalue weighted by atomic mass is 9.86. The Morgan fingerprint density at radius 3 is 2.82 bits per heavy atom. The molecule has 1 atom stereocenters. The summed E-state index contributed by atoms with van der Waals surface area (Å²) in [5.41, 5.74) is 2.16. The van der Waals surface area contributed by atoms with Crippen LogP contribution in [0.5, 0.6) is 11.5 Å². The molecule has 1 amide bonds. The SMILES string of the molecule is COc1cccc([C@H]2CC(=O)Nc3c2cnn3C)c1OCc1ccccc1F. The Bertz CT molecular complexity index is 1030. The first-order valence-electron chi connectivity index (χ1n) is 8.93. The van der Waals surface area contributed by atoms with Crippen molar-refractivity contribution in [2.45, 2.75) is 18.9 Å². The topological polar surface area (TPSA) is 65.4 Å². The first kappa shape index (κ1) is 18.0. The van der Waals surface area contributed by atoms with E-state index in [0.717, 1.165) is 11.1 Å². The van der Waals surface area contributed by atoms with Gasteiger partial charge < -0.3 is 14.8 Å². The van der Waals surface area contributed by atoms with Crippen molar-refractivity contribution in [2.75, 3.05) is 12.4 Å². The van der Waals surface area contributed by atoms with Crippen LogP contribution in [-0.4, -0.2) is 22.8 Å². The van der Waals surface area contributed by atoms with Gasteiger partial charge in [-0.1, -0.05) is 30.3 Å². The van der Waals surface area contributed by atoms with Crippen LogP contribution >= 0.6 is 0 Å². The van der Waals surface area contributed by atoms with Gasteiger partial charge in [-0.3, -0.25) is 9.48 Å². The highest BCUT2D eigenvalue weighted by Crippen LogP contribution is 2.44. The maximum Gasteiger partial charge on any atom is 0.226 e. The number of fused-ring (bicyclic) bond motifs is 1. The minimum Gasteiger partial charge on any atom is -0.493 e. The van der Waals surface area contributed by atoms with Crippen molar-refractivity contribution < 1.29 is 18.7 Å². The number of aryl methyl sites for hydroxylation is 1. The molecule has 1 aliphatic heterocycles. The summed E-state index contributed by atoms with van der Waals surface area (Å²) in [6, 6.07) is 12.0. The number of amides is 1. The van der Waals surface area contributed by atoms with Gasteiger partial charge in [0.2, 0.25) is 5.91 Å². The Morgan fingerprint density at radius 1 is 1.21 bits per heavy atom. The van der Waals surface area contributed by atoms with Crippen molar-refractivity contribution >= 4 is 11.7 Å². The second kappa shape index (κ2) is 7.34. The number of nitrogens with zero attached hydrogens (tertiary/aromatic N) is 2. The van der Waals surface area contributed by atoms with Crippen molar-refractivity contribution in [2.24, 2.45) is 7.05 Å². The summed E-state index contributed by atoms with van der Waals surface area (Å²) in [7, 11) is 3.33. The molecule has 0 unspecified atom stereocenters. The molecule has 0 fully saturated rings. The molecule has 28 heavy (non-hydrogen) atoms. The van der Waals surface area contributed by atoms with Gasteiger partial charge in [-0.2, -0.15) is 5.10 Å². The number of methoxy groups -OCH3 is 1. The van der Waals surface area contributed by atoms with Crippen LogP contribution in [0.15, 0.2) is 48.7 Å². The molecule has 2 aromatic carbocycles. The number of carbonyl (C=O) groups excluding carboxylic acids is 1. The Labute approximate surface area is 161 Å². The maximum atomic E-state index is 14.0. The molecule has 3 aromatic rings. The van der Waals surface area contributed by atoms with Gasteiger partial charge in [0, 0.05) is 36.1 Å². The van der Waals surface area contributed by atoms with Crippen LogP contribution < -0.4 is 14.8 Å². The third-order valence-corrected chi connectivity index (χ3v) is 4.92. The molecule has 144 valence electrons. The number of rotatable bonds is 5. The van der Waals surface area contributed by atoms with Crippen LogP contribution in [0.25, 0.3) is 0 Å². The number of benzene rings is 2. The van der Waals surface area contributed by atoms with E-state index < -0.39 is 0 Å². The van der Waals surface area contributed by atoms with Crippen molar-refractivity contribution in [3.05, 3.63) is 71.2 Å². The highest BCUT2D eigenvalue weighted by atomic mass is 19.1. The molecule has 0 bridgehead atoms.